The van der Waals surface area contributed by atoms with Crippen LogP contribution in [0.25, 0.3) is 10.9 Å². The Hall–Kier alpha value is -1.35. The first-order chi connectivity index (χ1) is 6.65. The molecule has 2 aromatic rings. The number of aromatic nitrogens is 1. The minimum Gasteiger partial charge on any atom is -0.358 e. The average molecular weight is 192 g/mol. The summed E-state index contributed by atoms with van der Waals surface area (Å²) in [6, 6.07) is 3.27. The summed E-state index contributed by atoms with van der Waals surface area (Å²) < 4.78 is 13.2. The number of aryl methyl sites for hydroxylation is 2. The van der Waals surface area contributed by atoms with Gasteiger partial charge in [0.05, 0.1) is 5.52 Å². The lowest BCUT2D eigenvalue weighted by atomic mass is 10.1. The quantitative estimate of drug-likeness (QED) is 0.715. The molecule has 1 aromatic carbocycles. The first kappa shape index (κ1) is 9.21. The van der Waals surface area contributed by atoms with Crippen molar-refractivity contribution in [1.82, 2.24) is 4.98 Å². The molecule has 0 bridgehead atoms. The fraction of sp³-hybridized carbons (Fsp3) is 0.273. The van der Waals surface area contributed by atoms with Crippen LogP contribution in [0.4, 0.5) is 4.39 Å². The maximum atomic E-state index is 13.2. The van der Waals surface area contributed by atoms with Crippen molar-refractivity contribution in [2.45, 2.75) is 20.4 Å². The Balaban J connectivity index is 2.87. The minimum absolute atomic E-state index is 0.178. The summed E-state index contributed by atoms with van der Waals surface area (Å²) in [7, 11) is 0. The maximum Gasteiger partial charge on any atom is 0.128 e. The van der Waals surface area contributed by atoms with E-state index in [1.807, 2.05) is 6.92 Å². The third-order valence-electron chi connectivity index (χ3n) is 2.69. The Morgan fingerprint density at radius 1 is 1.36 bits per heavy atom. The number of nitrogens with one attached hydrogen (secondary N) is 1. The molecule has 2 nitrogen and oxygen atoms in total. The van der Waals surface area contributed by atoms with Crippen molar-refractivity contribution in [3.8, 4) is 0 Å². The molecule has 0 spiro atoms. The van der Waals surface area contributed by atoms with Crippen molar-refractivity contribution < 1.29 is 4.39 Å². The number of benzene rings is 1. The van der Waals surface area contributed by atoms with Crippen molar-refractivity contribution in [3.63, 3.8) is 0 Å². The summed E-state index contributed by atoms with van der Waals surface area (Å²) >= 11 is 0. The lowest BCUT2D eigenvalue weighted by molar-refractivity contribution is 0.620. The SMILES string of the molecule is Cc1[nH]c2c(C)c(F)ccc2c1CN. The van der Waals surface area contributed by atoms with E-state index < -0.39 is 0 Å². The number of fused-ring (bicyclic) bond motifs is 1. The fourth-order valence-electron chi connectivity index (χ4n) is 1.83. The molecule has 1 aromatic heterocycles. The van der Waals surface area contributed by atoms with E-state index in [1.165, 1.54) is 6.07 Å². The number of rotatable bonds is 1. The molecule has 1 heterocycles. The van der Waals surface area contributed by atoms with Crippen LogP contribution in [0.15, 0.2) is 12.1 Å². The van der Waals surface area contributed by atoms with Crippen LogP contribution in [0.5, 0.6) is 0 Å². The van der Waals surface area contributed by atoms with Crippen molar-refractivity contribution >= 4 is 10.9 Å². The Labute approximate surface area is 81.9 Å². The molecule has 74 valence electrons. The molecule has 3 N–H and O–H groups in total. The average Bonchev–Trinajstić information content (AvgIpc) is 2.49. The van der Waals surface area contributed by atoms with Crippen LogP contribution in [0.3, 0.4) is 0 Å². The van der Waals surface area contributed by atoms with E-state index >= 15 is 0 Å². The summed E-state index contributed by atoms with van der Waals surface area (Å²) in [5, 5.41) is 1.03. The van der Waals surface area contributed by atoms with E-state index in [-0.39, 0.29) is 5.82 Å². The lowest BCUT2D eigenvalue weighted by Crippen LogP contribution is -1.96. The highest BCUT2D eigenvalue weighted by atomic mass is 19.1. The number of halogens is 1. The molecule has 0 saturated heterocycles. The smallest absolute Gasteiger partial charge is 0.128 e. The summed E-state index contributed by atoms with van der Waals surface area (Å²) in [5.74, 6) is -0.178. The van der Waals surface area contributed by atoms with Crippen molar-refractivity contribution in [2.24, 2.45) is 5.73 Å². The van der Waals surface area contributed by atoms with Gasteiger partial charge < -0.3 is 10.7 Å². The molecule has 0 atom stereocenters. The van der Waals surface area contributed by atoms with E-state index in [0.717, 1.165) is 22.2 Å². The highest BCUT2D eigenvalue weighted by Crippen LogP contribution is 2.25. The highest BCUT2D eigenvalue weighted by Gasteiger charge is 2.10. The number of aromatic amines is 1. The zero-order chi connectivity index (χ0) is 10.3. The second kappa shape index (κ2) is 3.10. The van der Waals surface area contributed by atoms with Crippen LogP contribution >= 0.6 is 0 Å². The predicted molar refractivity (Wildman–Crippen MR) is 55.6 cm³/mol. The monoisotopic (exact) mass is 192 g/mol. The van der Waals surface area contributed by atoms with E-state index in [2.05, 4.69) is 4.98 Å². The second-order valence-corrected chi connectivity index (χ2v) is 3.53. The topological polar surface area (TPSA) is 41.8 Å². The second-order valence-electron chi connectivity index (χ2n) is 3.53. The Morgan fingerprint density at radius 2 is 2.07 bits per heavy atom. The van der Waals surface area contributed by atoms with Gasteiger partial charge in [0.2, 0.25) is 0 Å². The number of hydrogen-bond acceptors (Lipinski definition) is 1. The molecule has 0 unspecified atom stereocenters. The normalized spacial score (nSPS) is 11.1. The fourth-order valence-corrected chi connectivity index (χ4v) is 1.83. The summed E-state index contributed by atoms with van der Waals surface area (Å²) in [5.41, 5.74) is 9.25. The van der Waals surface area contributed by atoms with Gasteiger partial charge in [-0.1, -0.05) is 0 Å². The predicted octanol–water partition coefficient (Wildman–Crippen LogP) is 2.38. The Kier molecular flexibility index (Phi) is 2.04. The molecule has 0 radical (unpaired) electrons. The molecular formula is C11H13FN2. The van der Waals surface area contributed by atoms with Crippen LogP contribution in [-0.2, 0) is 6.54 Å². The molecule has 0 saturated carbocycles. The number of nitrogens with two attached hydrogens (primary N) is 1. The summed E-state index contributed by atoms with van der Waals surface area (Å²) in [6.45, 7) is 4.21. The van der Waals surface area contributed by atoms with Gasteiger partial charge in [0.25, 0.3) is 0 Å². The zero-order valence-electron chi connectivity index (χ0n) is 8.32. The van der Waals surface area contributed by atoms with Gasteiger partial charge in [0.15, 0.2) is 0 Å². The van der Waals surface area contributed by atoms with Gasteiger partial charge in [-0.05, 0) is 31.5 Å². The van der Waals surface area contributed by atoms with Crippen LogP contribution in [-0.4, -0.2) is 4.98 Å². The molecular weight excluding hydrogens is 179 g/mol. The molecule has 0 fully saturated rings. The van der Waals surface area contributed by atoms with Gasteiger partial charge >= 0.3 is 0 Å². The van der Waals surface area contributed by atoms with Gasteiger partial charge in [-0.25, -0.2) is 4.39 Å². The largest absolute Gasteiger partial charge is 0.358 e. The van der Waals surface area contributed by atoms with E-state index in [4.69, 9.17) is 5.73 Å². The Morgan fingerprint density at radius 3 is 2.71 bits per heavy atom. The van der Waals surface area contributed by atoms with Gasteiger partial charge in [-0.2, -0.15) is 0 Å². The van der Waals surface area contributed by atoms with E-state index in [0.29, 0.717) is 12.1 Å². The summed E-state index contributed by atoms with van der Waals surface area (Å²) in [4.78, 5) is 3.17. The zero-order valence-corrected chi connectivity index (χ0v) is 8.32. The highest BCUT2D eigenvalue weighted by molar-refractivity contribution is 5.87. The van der Waals surface area contributed by atoms with Gasteiger partial charge in [0.1, 0.15) is 5.82 Å². The van der Waals surface area contributed by atoms with Crippen LogP contribution in [0, 0.1) is 19.7 Å². The molecule has 0 aliphatic carbocycles. The van der Waals surface area contributed by atoms with Gasteiger partial charge in [0, 0.05) is 23.2 Å². The first-order valence-electron chi connectivity index (χ1n) is 4.61. The minimum atomic E-state index is -0.178. The van der Waals surface area contributed by atoms with Gasteiger partial charge in [-0.3, -0.25) is 0 Å². The number of H-pyrrole nitrogens is 1. The first-order valence-corrected chi connectivity index (χ1v) is 4.61. The van der Waals surface area contributed by atoms with Crippen molar-refractivity contribution in [2.75, 3.05) is 0 Å². The molecule has 0 aliphatic rings. The van der Waals surface area contributed by atoms with E-state index in [1.54, 1.807) is 13.0 Å². The lowest BCUT2D eigenvalue weighted by Gasteiger charge is -1.98. The molecule has 14 heavy (non-hydrogen) atoms. The van der Waals surface area contributed by atoms with Crippen LogP contribution in [0.2, 0.25) is 0 Å². The molecule has 0 amide bonds. The molecule has 2 rings (SSSR count). The third-order valence-corrected chi connectivity index (χ3v) is 2.69. The molecule has 3 heteroatoms. The van der Waals surface area contributed by atoms with Crippen molar-refractivity contribution in [1.29, 1.82) is 0 Å². The number of hydrogen-bond donors (Lipinski definition) is 2. The summed E-state index contributed by atoms with van der Waals surface area (Å²) in [6.07, 6.45) is 0. The Bertz CT molecular complexity index is 485. The third kappa shape index (κ3) is 1.13. The molecule has 0 aliphatic heterocycles. The standard InChI is InChI=1S/C11H13FN2/c1-6-10(12)4-3-8-9(5-13)7(2)14-11(6)8/h3-4,14H,5,13H2,1-2H3. The van der Waals surface area contributed by atoms with Gasteiger partial charge in [-0.15, -0.1) is 0 Å². The van der Waals surface area contributed by atoms with Crippen LogP contribution in [0.1, 0.15) is 16.8 Å². The van der Waals surface area contributed by atoms with Crippen molar-refractivity contribution in [3.05, 3.63) is 34.8 Å². The maximum absolute atomic E-state index is 13.2. The van der Waals surface area contributed by atoms with E-state index in [9.17, 15) is 4.39 Å². The van der Waals surface area contributed by atoms with Crippen LogP contribution < -0.4 is 5.73 Å².